The average molecular weight is 254 g/mol. The van der Waals surface area contributed by atoms with Crippen molar-refractivity contribution in [3.63, 3.8) is 0 Å². The molecular weight excluding hydrogens is 234 g/mol. The predicted molar refractivity (Wildman–Crippen MR) is 71.5 cm³/mol. The molecule has 1 N–H and O–H groups in total. The monoisotopic (exact) mass is 253 g/mol. The summed E-state index contributed by atoms with van der Waals surface area (Å²) in [6.07, 6.45) is 3.79. The highest BCUT2D eigenvalue weighted by Gasteiger charge is 2.20. The quantitative estimate of drug-likeness (QED) is 0.841. The van der Waals surface area contributed by atoms with Crippen molar-refractivity contribution in [1.29, 1.82) is 0 Å². The van der Waals surface area contributed by atoms with Crippen LogP contribution in [0, 0.1) is 0 Å². The van der Waals surface area contributed by atoms with E-state index >= 15 is 0 Å². The fourth-order valence-corrected chi connectivity index (χ4v) is 2.03. The first-order valence-electron chi connectivity index (χ1n) is 6.22. The lowest BCUT2D eigenvalue weighted by atomic mass is 10.1. The summed E-state index contributed by atoms with van der Waals surface area (Å²) in [5.74, 6) is 0. The number of hydrogen-bond donors (Lipinski definition) is 1. The molecule has 0 aromatic heterocycles. The van der Waals surface area contributed by atoms with Gasteiger partial charge in [0.05, 0.1) is 6.10 Å². The third-order valence-corrected chi connectivity index (χ3v) is 3.56. The number of methoxy groups -OCH3 is 1. The third-order valence-electron chi connectivity index (χ3n) is 3.19. The van der Waals surface area contributed by atoms with Crippen molar-refractivity contribution in [2.45, 2.75) is 44.9 Å². The van der Waals surface area contributed by atoms with Gasteiger partial charge in [-0.1, -0.05) is 23.7 Å². The molecule has 0 amide bonds. The molecule has 0 bridgehead atoms. The highest BCUT2D eigenvalue weighted by atomic mass is 35.5. The Hall–Kier alpha value is -0.570. The molecule has 1 atom stereocenters. The Bertz CT molecular complexity index is 376. The molecule has 1 aromatic carbocycles. The minimum Gasteiger partial charge on any atom is -0.381 e. The normalized spacial score (nSPS) is 17.1. The molecule has 0 heterocycles. The lowest BCUT2D eigenvalue weighted by Gasteiger charge is -2.12. The van der Waals surface area contributed by atoms with Gasteiger partial charge in [-0.25, -0.2) is 0 Å². The maximum absolute atomic E-state index is 6.20. The van der Waals surface area contributed by atoms with Crippen molar-refractivity contribution in [2.24, 2.45) is 0 Å². The molecule has 0 saturated heterocycles. The molecule has 2 rings (SSSR count). The fraction of sp³-hybridized carbons (Fsp3) is 0.571. The van der Waals surface area contributed by atoms with Crippen molar-refractivity contribution in [1.82, 2.24) is 5.32 Å². The SMILES string of the molecule is COC(C)Cc1ccc(Cl)c(CNC2CC2)c1. The van der Waals surface area contributed by atoms with Gasteiger partial charge in [0.15, 0.2) is 0 Å². The highest BCUT2D eigenvalue weighted by molar-refractivity contribution is 6.31. The number of hydrogen-bond acceptors (Lipinski definition) is 2. The van der Waals surface area contributed by atoms with E-state index in [9.17, 15) is 0 Å². The predicted octanol–water partition coefficient (Wildman–Crippen LogP) is 3.17. The van der Waals surface area contributed by atoms with Gasteiger partial charge in [-0.3, -0.25) is 0 Å². The molecule has 1 aliphatic rings. The molecule has 0 spiro atoms. The van der Waals surface area contributed by atoms with Crippen molar-refractivity contribution < 1.29 is 4.74 Å². The van der Waals surface area contributed by atoms with Gasteiger partial charge in [-0.2, -0.15) is 0 Å². The van der Waals surface area contributed by atoms with E-state index in [2.05, 4.69) is 24.4 Å². The lowest BCUT2D eigenvalue weighted by Crippen LogP contribution is -2.16. The van der Waals surface area contributed by atoms with E-state index < -0.39 is 0 Å². The second-order valence-corrected chi connectivity index (χ2v) is 5.24. The highest BCUT2D eigenvalue weighted by Crippen LogP contribution is 2.22. The van der Waals surface area contributed by atoms with E-state index in [1.165, 1.54) is 24.0 Å². The molecule has 17 heavy (non-hydrogen) atoms. The minimum absolute atomic E-state index is 0.250. The summed E-state index contributed by atoms with van der Waals surface area (Å²) in [6, 6.07) is 6.97. The van der Waals surface area contributed by atoms with Gasteiger partial charge in [0.25, 0.3) is 0 Å². The van der Waals surface area contributed by atoms with E-state index in [-0.39, 0.29) is 6.10 Å². The number of halogens is 1. The molecule has 2 nitrogen and oxygen atoms in total. The molecule has 0 radical (unpaired) electrons. The Morgan fingerprint density at radius 1 is 1.47 bits per heavy atom. The van der Waals surface area contributed by atoms with Gasteiger partial charge < -0.3 is 10.1 Å². The zero-order valence-electron chi connectivity index (χ0n) is 10.5. The summed E-state index contributed by atoms with van der Waals surface area (Å²) in [7, 11) is 1.75. The zero-order chi connectivity index (χ0) is 12.3. The molecule has 1 aliphatic carbocycles. The Morgan fingerprint density at radius 3 is 2.88 bits per heavy atom. The maximum Gasteiger partial charge on any atom is 0.0583 e. The van der Waals surface area contributed by atoms with Gasteiger partial charge >= 0.3 is 0 Å². The van der Waals surface area contributed by atoms with Crippen LogP contribution in [-0.4, -0.2) is 19.3 Å². The van der Waals surface area contributed by atoms with Crippen LogP contribution in [0.15, 0.2) is 18.2 Å². The van der Waals surface area contributed by atoms with Gasteiger partial charge in [-0.05, 0) is 43.4 Å². The van der Waals surface area contributed by atoms with Crippen LogP contribution in [-0.2, 0) is 17.7 Å². The Labute approximate surface area is 108 Å². The molecule has 1 fully saturated rings. The summed E-state index contributed by atoms with van der Waals surface area (Å²) in [5.41, 5.74) is 2.48. The molecule has 1 aromatic rings. The van der Waals surface area contributed by atoms with Crippen molar-refractivity contribution in [3.8, 4) is 0 Å². The first-order chi connectivity index (χ1) is 8.19. The minimum atomic E-state index is 0.250. The number of benzene rings is 1. The fourth-order valence-electron chi connectivity index (χ4n) is 1.85. The van der Waals surface area contributed by atoms with Crippen LogP contribution in [0.3, 0.4) is 0 Å². The lowest BCUT2D eigenvalue weighted by molar-refractivity contribution is 0.119. The Kier molecular flexibility index (Phi) is 4.43. The largest absolute Gasteiger partial charge is 0.381 e. The summed E-state index contributed by atoms with van der Waals surface area (Å²) in [6.45, 7) is 2.95. The van der Waals surface area contributed by atoms with Crippen LogP contribution in [0.25, 0.3) is 0 Å². The van der Waals surface area contributed by atoms with Gasteiger partial charge in [-0.15, -0.1) is 0 Å². The summed E-state index contributed by atoms with van der Waals surface area (Å²) in [4.78, 5) is 0. The van der Waals surface area contributed by atoms with Gasteiger partial charge in [0, 0.05) is 24.7 Å². The summed E-state index contributed by atoms with van der Waals surface area (Å²) in [5, 5.41) is 4.35. The van der Waals surface area contributed by atoms with E-state index in [4.69, 9.17) is 16.3 Å². The van der Waals surface area contributed by atoms with E-state index in [0.717, 1.165) is 18.0 Å². The second kappa shape index (κ2) is 5.85. The van der Waals surface area contributed by atoms with Crippen LogP contribution in [0.2, 0.25) is 5.02 Å². The Balaban J connectivity index is 1.99. The molecule has 0 aliphatic heterocycles. The molecule has 94 valence electrons. The smallest absolute Gasteiger partial charge is 0.0583 e. The average Bonchev–Trinajstić information content (AvgIpc) is 3.13. The van der Waals surface area contributed by atoms with Gasteiger partial charge in [0.1, 0.15) is 0 Å². The van der Waals surface area contributed by atoms with E-state index in [0.29, 0.717) is 6.04 Å². The van der Waals surface area contributed by atoms with Crippen LogP contribution in [0.1, 0.15) is 30.9 Å². The topological polar surface area (TPSA) is 21.3 Å². The van der Waals surface area contributed by atoms with Crippen LogP contribution >= 0.6 is 11.6 Å². The summed E-state index contributed by atoms with van der Waals surface area (Å²) < 4.78 is 5.28. The second-order valence-electron chi connectivity index (χ2n) is 4.83. The Morgan fingerprint density at radius 2 is 2.24 bits per heavy atom. The number of ether oxygens (including phenoxy) is 1. The van der Waals surface area contributed by atoms with Crippen molar-refractivity contribution >= 4 is 11.6 Å². The van der Waals surface area contributed by atoms with Crippen LogP contribution < -0.4 is 5.32 Å². The maximum atomic E-state index is 6.20. The zero-order valence-corrected chi connectivity index (χ0v) is 11.3. The molecule has 1 unspecified atom stereocenters. The summed E-state index contributed by atoms with van der Waals surface area (Å²) >= 11 is 6.20. The van der Waals surface area contributed by atoms with Crippen molar-refractivity contribution in [2.75, 3.05) is 7.11 Å². The standard InChI is InChI=1S/C14H20ClNO/c1-10(17-2)7-11-3-6-14(15)12(8-11)9-16-13-4-5-13/h3,6,8,10,13,16H,4-5,7,9H2,1-2H3. The first kappa shape index (κ1) is 12.9. The van der Waals surface area contributed by atoms with Gasteiger partial charge in [0.2, 0.25) is 0 Å². The molecule has 3 heteroatoms. The van der Waals surface area contributed by atoms with E-state index in [1.54, 1.807) is 7.11 Å². The van der Waals surface area contributed by atoms with Crippen LogP contribution in [0.4, 0.5) is 0 Å². The first-order valence-corrected chi connectivity index (χ1v) is 6.60. The number of rotatable bonds is 6. The van der Waals surface area contributed by atoms with E-state index in [1.807, 2.05) is 6.07 Å². The molecule has 1 saturated carbocycles. The third kappa shape index (κ3) is 3.98. The number of nitrogens with one attached hydrogen (secondary N) is 1. The van der Waals surface area contributed by atoms with Crippen molar-refractivity contribution in [3.05, 3.63) is 34.3 Å². The van der Waals surface area contributed by atoms with Crippen LogP contribution in [0.5, 0.6) is 0 Å². The molecular formula is C14H20ClNO.